The number of hydrogen-bond acceptors (Lipinski definition) is 3. The van der Waals surface area contributed by atoms with Crippen LogP contribution < -0.4 is 9.47 Å². The van der Waals surface area contributed by atoms with E-state index in [0.717, 1.165) is 61.8 Å². The van der Waals surface area contributed by atoms with Gasteiger partial charge in [0.15, 0.2) is 0 Å². The van der Waals surface area contributed by atoms with Crippen LogP contribution in [0, 0.1) is 0 Å². The van der Waals surface area contributed by atoms with Crippen molar-refractivity contribution < 1.29 is 9.47 Å². The van der Waals surface area contributed by atoms with E-state index in [9.17, 15) is 0 Å². The van der Waals surface area contributed by atoms with Crippen molar-refractivity contribution in [3.8, 4) is 45.3 Å². The highest BCUT2D eigenvalue weighted by Crippen LogP contribution is 2.31. The van der Waals surface area contributed by atoms with Gasteiger partial charge in [-0.3, -0.25) is 0 Å². The van der Waals surface area contributed by atoms with Crippen molar-refractivity contribution in [2.45, 2.75) is 0 Å². The first kappa shape index (κ1) is 20.1. The number of rotatable bonds is 5. The number of nitrogens with zero attached hydrogens (tertiary/aromatic N) is 1. The molecule has 4 aromatic carbocycles. The molecule has 6 rings (SSSR count). The van der Waals surface area contributed by atoms with Crippen LogP contribution in [0.25, 0.3) is 55.7 Å². The topological polar surface area (TPSA) is 62.9 Å². The number of fused-ring (bicyclic) bond motifs is 2. The molecule has 0 unspecified atom stereocenters. The molecular weight excluding hydrogens is 422 g/mol. The fourth-order valence-corrected chi connectivity index (χ4v) is 4.31. The number of imidazole rings is 1. The van der Waals surface area contributed by atoms with Gasteiger partial charge in [-0.25, -0.2) is 4.98 Å². The van der Waals surface area contributed by atoms with Crippen molar-refractivity contribution >= 4 is 21.9 Å². The summed E-state index contributed by atoms with van der Waals surface area (Å²) >= 11 is 0. The molecule has 0 radical (unpaired) electrons. The molecule has 2 aromatic heterocycles. The first-order valence-electron chi connectivity index (χ1n) is 11.1. The van der Waals surface area contributed by atoms with Gasteiger partial charge in [-0.2, -0.15) is 0 Å². The van der Waals surface area contributed by atoms with Crippen LogP contribution in [0.1, 0.15) is 0 Å². The summed E-state index contributed by atoms with van der Waals surface area (Å²) in [5, 5.41) is 1.17. The Hall–Kier alpha value is -4.51. The van der Waals surface area contributed by atoms with Crippen LogP contribution in [-0.2, 0) is 0 Å². The Morgan fingerprint density at radius 3 is 1.88 bits per heavy atom. The van der Waals surface area contributed by atoms with E-state index in [-0.39, 0.29) is 0 Å². The van der Waals surface area contributed by atoms with E-state index in [4.69, 9.17) is 14.5 Å². The Labute approximate surface area is 197 Å². The minimum absolute atomic E-state index is 0.831. The van der Waals surface area contributed by atoms with Gasteiger partial charge < -0.3 is 19.4 Å². The van der Waals surface area contributed by atoms with Crippen LogP contribution in [0.5, 0.6) is 11.5 Å². The molecule has 0 atom stereocenters. The van der Waals surface area contributed by atoms with Gasteiger partial charge >= 0.3 is 0 Å². The molecule has 2 N–H and O–H groups in total. The third-order valence-electron chi connectivity index (χ3n) is 6.20. The quantitative estimate of drug-likeness (QED) is 0.298. The fraction of sp³-hybridized carbons (Fsp3) is 0.0690. The minimum atomic E-state index is 0.831. The zero-order chi connectivity index (χ0) is 23.1. The molecule has 2 heterocycles. The summed E-state index contributed by atoms with van der Waals surface area (Å²) in [6, 6.07) is 31.1. The fourth-order valence-electron chi connectivity index (χ4n) is 4.31. The Morgan fingerprint density at radius 2 is 1.18 bits per heavy atom. The van der Waals surface area contributed by atoms with Crippen molar-refractivity contribution in [3.05, 3.63) is 91.0 Å². The van der Waals surface area contributed by atoms with Gasteiger partial charge in [0.05, 0.1) is 25.3 Å². The number of aromatic nitrogens is 3. The van der Waals surface area contributed by atoms with Gasteiger partial charge in [0.2, 0.25) is 0 Å². The molecule has 34 heavy (non-hydrogen) atoms. The number of hydrogen-bond donors (Lipinski definition) is 2. The highest BCUT2D eigenvalue weighted by Gasteiger charge is 2.09. The molecule has 0 bridgehead atoms. The van der Waals surface area contributed by atoms with Crippen LogP contribution in [0.15, 0.2) is 91.0 Å². The van der Waals surface area contributed by atoms with Gasteiger partial charge in [0.25, 0.3) is 0 Å². The standard InChI is InChI=1S/C29H23N3O2/c1-33-23-9-3-18(4-10-23)27-17-22-15-20(7-13-25(22)30-27)21-8-14-26-28(16-21)32-29(31-26)19-5-11-24(34-2)12-6-19/h3-17,30H,1-2H3,(H,31,32). The summed E-state index contributed by atoms with van der Waals surface area (Å²) in [6.45, 7) is 0. The number of methoxy groups -OCH3 is 2. The van der Waals surface area contributed by atoms with Gasteiger partial charge in [-0.15, -0.1) is 0 Å². The molecule has 0 aliphatic rings. The predicted octanol–water partition coefficient (Wildman–Crippen LogP) is 7.06. The summed E-state index contributed by atoms with van der Waals surface area (Å²) < 4.78 is 10.5. The maximum atomic E-state index is 5.27. The van der Waals surface area contributed by atoms with Crippen molar-refractivity contribution in [1.29, 1.82) is 0 Å². The van der Waals surface area contributed by atoms with Crippen LogP contribution >= 0.6 is 0 Å². The van der Waals surface area contributed by atoms with Gasteiger partial charge in [-0.05, 0) is 95.6 Å². The van der Waals surface area contributed by atoms with Crippen molar-refractivity contribution in [1.82, 2.24) is 15.0 Å². The molecule has 0 fully saturated rings. The Morgan fingerprint density at radius 1 is 0.559 bits per heavy atom. The van der Waals surface area contributed by atoms with E-state index in [2.05, 4.69) is 64.6 Å². The van der Waals surface area contributed by atoms with Crippen LogP contribution in [0.3, 0.4) is 0 Å². The predicted molar refractivity (Wildman–Crippen MR) is 137 cm³/mol. The smallest absolute Gasteiger partial charge is 0.138 e. The molecule has 0 aliphatic heterocycles. The number of nitrogens with one attached hydrogen (secondary N) is 2. The van der Waals surface area contributed by atoms with Crippen molar-refractivity contribution in [2.24, 2.45) is 0 Å². The summed E-state index contributed by atoms with van der Waals surface area (Å²) in [4.78, 5) is 11.7. The summed E-state index contributed by atoms with van der Waals surface area (Å²) in [5.74, 6) is 2.53. The molecule has 0 amide bonds. The van der Waals surface area contributed by atoms with Crippen molar-refractivity contribution in [2.75, 3.05) is 14.2 Å². The third kappa shape index (κ3) is 3.57. The van der Waals surface area contributed by atoms with Crippen LogP contribution in [-0.4, -0.2) is 29.2 Å². The zero-order valence-corrected chi connectivity index (χ0v) is 18.9. The first-order chi connectivity index (χ1) is 16.7. The summed E-state index contributed by atoms with van der Waals surface area (Å²) in [5.41, 5.74) is 8.61. The molecule has 5 nitrogen and oxygen atoms in total. The van der Waals surface area contributed by atoms with Crippen molar-refractivity contribution in [3.63, 3.8) is 0 Å². The number of ether oxygens (including phenoxy) is 2. The lowest BCUT2D eigenvalue weighted by atomic mass is 10.0. The van der Waals surface area contributed by atoms with Gasteiger partial charge in [0.1, 0.15) is 17.3 Å². The lowest BCUT2D eigenvalue weighted by Crippen LogP contribution is -1.83. The summed E-state index contributed by atoms with van der Waals surface area (Å²) in [7, 11) is 3.35. The maximum absolute atomic E-state index is 5.27. The second-order valence-electron chi connectivity index (χ2n) is 8.26. The van der Waals surface area contributed by atoms with Gasteiger partial charge in [-0.1, -0.05) is 12.1 Å². The lowest BCUT2D eigenvalue weighted by molar-refractivity contribution is 0.415. The van der Waals surface area contributed by atoms with E-state index in [0.29, 0.717) is 0 Å². The highest BCUT2D eigenvalue weighted by molar-refractivity contribution is 5.91. The normalized spacial score (nSPS) is 11.2. The van der Waals surface area contributed by atoms with E-state index >= 15 is 0 Å². The average Bonchev–Trinajstić information content (AvgIpc) is 3.52. The number of H-pyrrole nitrogens is 2. The van der Waals surface area contributed by atoms with E-state index in [1.54, 1.807) is 14.2 Å². The Balaban J connectivity index is 1.33. The molecule has 5 heteroatoms. The molecular formula is C29H23N3O2. The highest BCUT2D eigenvalue weighted by atomic mass is 16.5. The second kappa shape index (κ2) is 8.12. The maximum Gasteiger partial charge on any atom is 0.138 e. The third-order valence-corrected chi connectivity index (χ3v) is 6.20. The molecule has 0 saturated carbocycles. The number of aromatic amines is 2. The second-order valence-corrected chi connectivity index (χ2v) is 8.26. The summed E-state index contributed by atoms with van der Waals surface area (Å²) in [6.07, 6.45) is 0. The monoisotopic (exact) mass is 445 g/mol. The lowest BCUT2D eigenvalue weighted by Gasteiger charge is -2.02. The molecule has 0 aliphatic carbocycles. The molecule has 0 spiro atoms. The Bertz CT molecular complexity index is 1490. The zero-order valence-electron chi connectivity index (χ0n) is 18.9. The average molecular weight is 446 g/mol. The van der Waals surface area contributed by atoms with E-state index in [1.165, 1.54) is 5.39 Å². The van der Waals surface area contributed by atoms with E-state index < -0.39 is 0 Å². The first-order valence-corrected chi connectivity index (χ1v) is 11.1. The Kier molecular flexibility index (Phi) is 4.81. The molecule has 166 valence electrons. The van der Waals surface area contributed by atoms with Crippen LogP contribution in [0.2, 0.25) is 0 Å². The molecule has 6 aromatic rings. The van der Waals surface area contributed by atoms with E-state index in [1.807, 2.05) is 36.4 Å². The minimum Gasteiger partial charge on any atom is -0.497 e. The SMILES string of the molecule is COc1ccc(-c2cc3cc(-c4ccc5nc(-c6ccc(OC)cc6)[nH]c5c4)ccc3[nH]2)cc1. The van der Waals surface area contributed by atoms with Gasteiger partial charge in [0, 0.05) is 22.2 Å². The molecule has 0 saturated heterocycles. The number of benzene rings is 4. The largest absolute Gasteiger partial charge is 0.497 e. The van der Waals surface area contributed by atoms with Crippen LogP contribution in [0.4, 0.5) is 0 Å².